The molecular weight excluding hydrogens is 186 g/mol. The van der Waals surface area contributed by atoms with Crippen molar-refractivity contribution in [3.8, 4) is 0 Å². The minimum Gasteiger partial charge on any atom is -0.275 e. The third-order valence-corrected chi connectivity index (χ3v) is 2.81. The highest BCUT2D eigenvalue weighted by Gasteiger charge is 2.14. The average Bonchev–Trinajstić information content (AvgIpc) is 2.17. The van der Waals surface area contributed by atoms with E-state index >= 15 is 0 Å². The normalized spacial score (nSPS) is 15.2. The van der Waals surface area contributed by atoms with Crippen molar-refractivity contribution in [1.82, 2.24) is 5.32 Å². The molecule has 1 aromatic carbocycles. The Labute approximate surface area is 77.9 Å². The van der Waals surface area contributed by atoms with Gasteiger partial charge in [-0.2, -0.15) is 8.42 Å². The van der Waals surface area contributed by atoms with Gasteiger partial charge >= 0.3 is 0 Å². The smallest absolute Gasteiger partial charge is 0.233 e. The second-order valence-electron chi connectivity index (χ2n) is 2.90. The maximum Gasteiger partial charge on any atom is 0.233 e. The van der Waals surface area contributed by atoms with Crippen LogP contribution in [0.2, 0.25) is 0 Å². The summed E-state index contributed by atoms with van der Waals surface area (Å²) < 4.78 is 21.6. The summed E-state index contributed by atoms with van der Waals surface area (Å²) in [7, 11) is -2.16. The van der Waals surface area contributed by atoms with Gasteiger partial charge in [0.15, 0.2) is 0 Å². The Hall–Kier alpha value is -1.13. The molecule has 0 radical (unpaired) electrons. The van der Waals surface area contributed by atoms with Gasteiger partial charge < -0.3 is 0 Å². The van der Waals surface area contributed by atoms with E-state index in [1.165, 1.54) is 0 Å². The molecule has 1 N–H and O–H groups in total. The second kappa shape index (κ2) is 3.32. The van der Waals surface area contributed by atoms with Gasteiger partial charge in [-0.3, -0.25) is 5.32 Å². The predicted octanol–water partition coefficient (Wildman–Crippen LogP) is 0.189. The lowest BCUT2D eigenvalue weighted by Crippen LogP contribution is -2.33. The summed E-state index contributed by atoms with van der Waals surface area (Å²) in [6.07, 6.45) is 0.886. The van der Waals surface area contributed by atoms with Crippen molar-refractivity contribution in [2.45, 2.75) is 6.42 Å². The van der Waals surface area contributed by atoms with Crippen LogP contribution in [0.4, 0.5) is 0 Å². The van der Waals surface area contributed by atoms with Crippen LogP contribution in [-0.2, 0) is 16.7 Å². The minimum absolute atomic E-state index is 0.321. The fraction of sp³-hybridized carbons (Fsp3) is 0.222. The van der Waals surface area contributed by atoms with Gasteiger partial charge in [-0.05, 0) is 12.0 Å². The number of rotatable bonds is 0. The summed E-state index contributed by atoms with van der Waals surface area (Å²) in [6.45, 7) is 0.695. The fourth-order valence-corrected chi connectivity index (χ4v) is 2.11. The summed E-state index contributed by atoms with van der Waals surface area (Å²) in [4.78, 5) is 0.321. The zero-order valence-corrected chi connectivity index (χ0v) is 7.76. The standard InChI is InChI=1S/C9H9NO2S/c11-13(12)9-8-4-2-1-3-7(8)5-6-10-9/h1-4,10H,5-6H2. The van der Waals surface area contributed by atoms with E-state index in [0.29, 0.717) is 11.5 Å². The van der Waals surface area contributed by atoms with E-state index in [1.807, 2.05) is 24.3 Å². The van der Waals surface area contributed by atoms with Crippen LogP contribution in [0.5, 0.6) is 0 Å². The second-order valence-corrected chi connectivity index (χ2v) is 3.78. The lowest BCUT2D eigenvalue weighted by atomic mass is 10.0. The highest BCUT2D eigenvalue weighted by molar-refractivity contribution is 7.73. The van der Waals surface area contributed by atoms with Gasteiger partial charge in [0.2, 0.25) is 10.3 Å². The Morgan fingerprint density at radius 3 is 2.77 bits per heavy atom. The Morgan fingerprint density at radius 2 is 2.00 bits per heavy atom. The maximum absolute atomic E-state index is 10.8. The van der Waals surface area contributed by atoms with E-state index in [4.69, 9.17) is 0 Å². The molecule has 0 saturated heterocycles. The number of hydrogen-bond acceptors (Lipinski definition) is 2. The molecule has 3 nitrogen and oxygen atoms in total. The summed E-state index contributed by atoms with van der Waals surface area (Å²) in [5, 5.41) is 2.88. The largest absolute Gasteiger partial charge is 0.275 e. The first-order valence-corrected chi connectivity index (χ1v) is 5.15. The topological polar surface area (TPSA) is 46.2 Å². The van der Waals surface area contributed by atoms with Gasteiger partial charge in [-0.25, -0.2) is 0 Å². The van der Waals surface area contributed by atoms with Crippen LogP contribution < -0.4 is 5.32 Å². The molecule has 0 aromatic heterocycles. The van der Waals surface area contributed by atoms with Gasteiger partial charge in [-0.1, -0.05) is 24.3 Å². The first kappa shape index (κ1) is 8.47. The highest BCUT2D eigenvalue weighted by atomic mass is 32.2. The first-order valence-electron chi connectivity index (χ1n) is 4.07. The van der Waals surface area contributed by atoms with Crippen molar-refractivity contribution in [2.75, 3.05) is 6.54 Å². The van der Waals surface area contributed by atoms with Crippen molar-refractivity contribution in [3.63, 3.8) is 0 Å². The maximum atomic E-state index is 10.8. The SMILES string of the molecule is O=S(=O)=C1NCCc2ccccc21. The van der Waals surface area contributed by atoms with Gasteiger partial charge in [0.25, 0.3) is 0 Å². The molecule has 1 aromatic rings. The number of nitrogens with one attached hydrogen (secondary N) is 1. The van der Waals surface area contributed by atoms with Crippen molar-refractivity contribution in [3.05, 3.63) is 35.4 Å². The van der Waals surface area contributed by atoms with Crippen molar-refractivity contribution in [2.24, 2.45) is 0 Å². The fourth-order valence-electron chi connectivity index (χ4n) is 1.51. The molecule has 13 heavy (non-hydrogen) atoms. The van der Waals surface area contributed by atoms with Gasteiger partial charge in [-0.15, -0.1) is 0 Å². The Morgan fingerprint density at radius 1 is 1.23 bits per heavy atom. The van der Waals surface area contributed by atoms with E-state index in [1.54, 1.807) is 0 Å². The van der Waals surface area contributed by atoms with Crippen LogP contribution >= 0.6 is 0 Å². The number of hydrogen-bond donors (Lipinski definition) is 1. The Bertz CT molecular complexity index is 454. The van der Waals surface area contributed by atoms with Crippen molar-refractivity contribution >= 4 is 15.3 Å². The zero-order chi connectivity index (χ0) is 9.26. The van der Waals surface area contributed by atoms with Gasteiger partial charge in [0, 0.05) is 12.1 Å². The number of fused-ring (bicyclic) bond motifs is 1. The van der Waals surface area contributed by atoms with Crippen LogP contribution in [-0.4, -0.2) is 20.0 Å². The average molecular weight is 195 g/mol. The zero-order valence-electron chi connectivity index (χ0n) is 6.95. The molecule has 68 valence electrons. The van der Waals surface area contributed by atoms with Crippen LogP contribution in [0.3, 0.4) is 0 Å². The molecule has 0 atom stereocenters. The summed E-state index contributed by atoms with van der Waals surface area (Å²) >= 11 is 0. The molecule has 0 unspecified atom stereocenters. The Kier molecular flexibility index (Phi) is 2.16. The quantitative estimate of drug-likeness (QED) is 0.601. The van der Waals surface area contributed by atoms with E-state index in [0.717, 1.165) is 17.5 Å². The van der Waals surface area contributed by atoms with Crippen LogP contribution in [0.15, 0.2) is 24.3 Å². The molecule has 1 aliphatic heterocycles. The van der Waals surface area contributed by atoms with Crippen molar-refractivity contribution < 1.29 is 8.42 Å². The molecule has 0 saturated carbocycles. The number of benzene rings is 1. The monoisotopic (exact) mass is 195 g/mol. The van der Waals surface area contributed by atoms with E-state index in [2.05, 4.69) is 5.32 Å². The third kappa shape index (κ3) is 1.50. The van der Waals surface area contributed by atoms with Crippen LogP contribution in [0, 0.1) is 0 Å². The van der Waals surface area contributed by atoms with Crippen LogP contribution in [0.25, 0.3) is 0 Å². The molecule has 0 aliphatic carbocycles. The molecule has 1 aliphatic rings. The summed E-state index contributed by atoms with van der Waals surface area (Å²) in [5.74, 6) is 0. The first-order chi connectivity index (χ1) is 6.29. The summed E-state index contributed by atoms with van der Waals surface area (Å²) in [5.41, 5.74) is 1.91. The minimum atomic E-state index is -2.16. The molecule has 0 bridgehead atoms. The third-order valence-electron chi connectivity index (χ3n) is 2.11. The summed E-state index contributed by atoms with van der Waals surface area (Å²) in [6, 6.07) is 7.56. The van der Waals surface area contributed by atoms with E-state index in [-0.39, 0.29) is 0 Å². The Balaban J connectivity index is 2.69. The van der Waals surface area contributed by atoms with E-state index < -0.39 is 10.3 Å². The molecule has 0 fully saturated rings. The molecule has 0 spiro atoms. The predicted molar refractivity (Wildman–Crippen MR) is 51.2 cm³/mol. The molecular formula is C9H9NO2S. The lowest BCUT2D eigenvalue weighted by molar-refractivity contribution is 0.626. The molecule has 0 amide bonds. The van der Waals surface area contributed by atoms with Gasteiger partial charge in [0.1, 0.15) is 4.99 Å². The van der Waals surface area contributed by atoms with E-state index in [9.17, 15) is 8.42 Å². The lowest BCUT2D eigenvalue weighted by Gasteiger charge is -2.16. The van der Waals surface area contributed by atoms with Crippen molar-refractivity contribution in [1.29, 1.82) is 0 Å². The van der Waals surface area contributed by atoms with Crippen LogP contribution in [0.1, 0.15) is 11.1 Å². The molecule has 4 heteroatoms. The van der Waals surface area contributed by atoms with Gasteiger partial charge in [0.05, 0.1) is 0 Å². The highest BCUT2D eigenvalue weighted by Crippen LogP contribution is 2.12. The molecule has 1 heterocycles. The molecule has 2 rings (SSSR count).